The fraction of sp³-hybridized carbons (Fsp3) is 0.151. The van der Waals surface area contributed by atoms with Crippen molar-refractivity contribution in [3.8, 4) is 77.9 Å². The second-order valence-electron chi connectivity index (χ2n) is 35.2. The van der Waals surface area contributed by atoms with Crippen molar-refractivity contribution in [2.75, 3.05) is 9.80 Å². The Morgan fingerprint density at radius 1 is 0.223 bits per heavy atom. The molecular formula is C106H87BN2S3. The summed E-state index contributed by atoms with van der Waals surface area (Å²) in [5.41, 5.74) is 32.0. The van der Waals surface area contributed by atoms with Crippen molar-refractivity contribution in [3.05, 3.63) is 332 Å². The van der Waals surface area contributed by atoms with Crippen LogP contribution in [-0.4, -0.2) is 6.71 Å². The average Bonchev–Trinajstić information content (AvgIpc) is 0.846. The molecule has 5 heterocycles. The predicted octanol–water partition coefficient (Wildman–Crippen LogP) is 29.7. The van der Waals surface area contributed by atoms with Gasteiger partial charge in [-0.05, 0) is 183 Å². The quantitative estimate of drug-likeness (QED) is 0.133. The first-order valence-electron chi connectivity index (χ1n) is 39.5. The van der Waals surface area contributed by atoms with Crippen LogP contribution in [0.15, 0.2) is 309 Å². The van der Waals surface area contributed by atoms with Crippen molar-refractivity contribution in [3.63, 3.8) is 0 Å². The van der Waals surface area contributed by atoms with Crippen molar-refractivity contribution in [2.45, 2.75) is 105 Å². The van der Waals surface area contributed by atoms with Crippen LogP contribution in [0.25, 0.3) is 138 Å². The molecule has 0 bridgehead atoms. The Kier molecular flexibility index (Phi) is 16.3. The third-order valence-corrected chi connectivity index (χ3v) is 27.4. The van der Waals surface area contributed by atoms with Crippen molar-refractivity contribution in [1.29, 1.82) is 0 Å². The van der Waals surface area contributed by atoms with Gasteiger partial charge < -0.3 is 9.80 Å². The molecule has 0 aliphatic carbocycles. The molecule has 112 heavy (non-hydrogen) atoms. The van der Waals surface area contributed by atoms with Gasteiger partial charge in [-0.2, -0.15) is 0 Å². The number of benzene rings is 15. The zero-order chi connectivity index (χ0) is 76.4. The van der Waals surface area contributed by atoms with Gasteiger partial charge in [0.2, 0.25) is 0 Å². The standard InChI is InChI=1S/C106H87BN2S3/c1-103(2,3)72-48-37-64(38-49-72)78-28-19-29-79(65-39-50-73(51-40-65)104(4,5)6)101(78)108-88-56-45-69(76-26-21-35-96-98(76)83-24-14-17-33-93(83)111-96)60-86(88)107-87-61-70(77-27-22-36-97-99(77)84-25-15-18-34-94(84)112-97)46-57-89(87)109(91-63-71(62-90(108)100(91)107)68-47-58-95-85(59-68)82-23-13-16-32-92(82)110-95)102-80(66-41-52-74(53-42-66)105(7,8)9)30-20-31-81(102)67-43-54-75(55-44-67)106(10,11)12/h13-63H,1-12H3. The molecule has 3 aromatic heterocycles. The summed E-state index contributed by atoms with van der Waals surface area (Å²) in [7, 11) is 0. The smallest absolute Gasteiger partial charge is 0.252 e. The maximum atomic E-state index is 2.74. The van der Waals surface area contributed by atoms with Gasteiger partial charge in [-0.25, -0.2) is 0 Å². The van der Waals surface area contributed by atoms with E-state index in [1.807, 2.05) is 34.0 Å². The molecule has 542 valence electrons. The van der Waals surface area contributed by atoms with E-state index in [0.29, 0.717) is 0 Å². The highest BCUT2D eigenvalue weighted by Crippen LogP contribution is 2.56. The number of anilines is 6. The number of thiophene rings is 3. The fourth-order valence-electron chi connectivity index (χ4n) is 18.0. The van der Waals surface area contributed by atoms with E-state index in [1.165, 1.54) is 121 Å². The summed E-state index contributed by atoms with van der Waals surface area (Å²) in [5.74, 6) is 0. The molecule has 0 amide bonds. The van der Waals surface area contributed by atoms with E-state index in [-0.39, 0.29) is 28.4 Å². The monoisotopic (exact) mass is 1490 g/mol. The van der Waals surface area contributed by atoms with Crippen LogP contribution in [0.3, 0.4) is 0 Å². The van der Waals surface area contributed by atoms with Crippen LogP contribution in [0.5, 0.6) is 0 Å². The first-order chi connectivity index (χ1) is 54.1. The van der Waals surface area contributed by atoms with Gasteiger partial charge in [0.25, 0.3) is 6.71 Å². The molecule has 0 saturated carbocycles. The maximum Gasteiger partial charge on any atom is 0.252 e. The normalized spacial score (nSPS) is 13.1. The largest absolute Gasteiger partial charge is 0.310 e. The fourth-order valence-corrected chi connectivity index (χ4v) is 21.4. The van der Waals surface area contributed by atoms with Crippen LogP contribution in [0.2, 0.25) is 0 Å². The highest BCUT2D eigenvalue weighted by Gasteiger charge is 2.46. The predicted molar refractivity (Wildman–Crippen MR) is 492 cm³/mol. The number of hydrogen-bond donors (Lipinski definition) is 0. The number of hydrogen-bond acceptors (Lipinski definition) is 5. The SMILES string of the molecule is CC(C)(C)c1ccc(-c2cccc(-c3ccc(C(C)(C)C)cc3)c2N2c3ccc(-c4cccc5sc6ccccc6c45)cc3B3c4cc(-c5cccc6sc7ccccc7c56)ccc4N(c4c(-c5ccc(C(C)(C)C)cc5)cccc4-c4ccc(C(C)(C)C)cc4)c4cc(-c5ccc6sc7ccccc7c6c5)cc2c43)cc1. The summed E-state index contributed by atoms with van der Waals surface area (Å²) in [4.78, 5) is 5.48. The molecule has 0 saturated heterocycles. The molecule has 2 aliphatic heterocycles. The van der Waals surface area contributed by atoms with E-state index in [2.05, 4.69) is 402 Å². The van der Waals surface area contributed by atoms with Gasteiger partial charge >= 0.3 is 0 Å². The summed E-state index contributed by atoms with van der Waals surface area (Å²) >= 11 is 5.65. The lowest BCUT2D eigenvalue weighted by Gasteiger charge is -2.46. The highest BCUT2D eigenvalue weighted by molar-refractivity contribution is 7.26. The molecule has 0 atom stereocenters. The Morgan fingerprint density at radius 2 is 0.527 bits per heavy atom. The van der Waals surface area contributed by atoms with Gasteiger partial charge in [0.05, 0.1) is 11.4 Å². The van der Waals surface area contributed by atoms with Crippen LogP contribution < -0.4 is 26.2 Å². The third-order valence-electron chi connectivity index (χ3n) is 24.0. The minimum absolute atomic E-state index is 0.0513. The summed E-state index contributed by atoms with van der Waals surface area (Å²) in [6.45, 7) is 27.6. The molecule has 6 heteroatoms. The summed E-state index contributed by atoms with van der Waals surface area (Å²) < 4.78 is 7.73. The summed E-state index contributed by atoms with van der Waals surface area (Å²) in [5, 5.41) is 7.71. The second kappa shape index (κ2) is 26.1. The van der Waals surface area contributed by atoms with Crippen LogP contribution >= 0.6 is 34.0 Å². The lowest BCUT2D eigenvalue weighted by Crippen LogP contribution is -2.61. The first kappa shape index (κ1) is 69.8. The van der Waals surface area contributed by atoms with Crippen molar-refractivity contribution < 1.29 is 0 Å². The van der Waals surface area contributed by atoms with Gasteiger partial charge in [-0.15, -0.1) is 34.0 Å². The molecule has 18 aromatic rings. The molecule has 2 nitrogen and oxygen atoms in total. The molecule has 15 aromatic carbocycles. The molecule has 0 fully saturated rings. The minimum atomic E-state index is -0.294. The van der Waals surface area contributed by atoms with Gasteiger partial charge in [-0.1, -0.05) is 326 Å². The van der Waals surface area contributed by atoms with Gasteiger partial charge in [0.15, 0.2) is 0 Å². The Bertz CT molecular complexity index is 6330. The van der Waals surface area contributed by atoms with E-state index in [9.17, 15) is 0 Å². The van der Waals surface area contributed by atoms with Gasteiger partial charge in [0.1, 0.15) is 0 Å². The Labute approximate surface area is 670 Å². The van der Waals surface area contributed by atoms with E-state index in [0.717, 1.165) is 89.8 Å². The van der Waals surface area contributed by atoms with E-state index >= 15 is 0 Å². The van der Waals surface area contributed by atoms with Crippen LogP contribution in [-0.2, 0) is 21.7 Å². The first-order valence-corrected chi connectivity index (χ1v) is 42.0. The zero-order valence-electron chi connectivity index (χ0n) is 65.6. The van der Waals surface area contributed by atoms with Crippen LogP contribution in [0, 0.1) is 0 Å². The topological polar surface area (TPSA) is 6.48 Å². The van der Waals surface area contributed by atoms with Crippen molar-refractivity contribution in [2.24, 2.45) is 0 Å². The molecule has 20 rings (SSSR count). The zero-order valence-corrected chi connectivity index (χ0v) is 68.1. The summed E-state index contributed by atoms with van der Waals surface area (Å²) in [6.07, 6.45) is 0. The average molecular weight is 1500 g/mol. The van der Waals surface area contributed by atoms with E-state index < -0.39 is 0 Å². The molecule has 2 aliphatic rings. The maximum absolute atomic E-state index is 2.74. The number of para-hydroxylation sites is 2. The number of rotatable bonds is 9. The Morgan fingerprint density at radius 3 is 0.911 bits per heavy atom. The summed E-state index contributed by atoms with van der Waals surface area (Å²) in [6, 6.07) is 121. The number of nitrogens with zero attached hydrogens (tertiary/aromatic N) is 2. The van der Waals surface area contributed by atoms with Crippen LogP contribution in [0.1, 0.15) is 105 Å². The van der Waals surface area contributed by atoms with E-state index in [4.69, 9.17) is 0 Å². The number of fused-ring (bicyclic) bond motifs is 13. The molecule has 0 unspecified atom stereocenters. The van der Waals surface area contributed by atoms with Crippen molar-refractivity contribution >= 4 is 152 Å². The molecule has 0 spiro atoms. The van der Waals surface area contributed by atoms with Gasteiger partial charge in [-0.3, -0.25) is 0 Å². The lowest BCUT2D eigenvalue weighted by molar-refractivity contribution is 0.590. The highest BCUT2D eigenvalue weighted by atomic mass is 32.1. The Balaban J connectivity index is 0.967. The second-order valence-corrected chi connectivity index (χ2v) is 38.4. The van der Waals surface area contributed by atoms with Crippen LogP contribution in [0.4, 0.5) is 34.1 Å². The third kappa shape index (κ3) is 11.6. The molecular weight excluding hydrogens is 1410 g/mol. The van der Waals surface area contributed by atoms with Gasteiger partial charge in [0, 0.05) is 106 Å². The molecule has 0 N–H and O–H groups in total. The Hall–Kier alpha value is -11.4. The minimum Gasteiger partial charge on any atom is -0.310 e. The molecule has 0 radical (unpaired) electrons. The lowest BCUT2D eigenvalue weighted by atomic mass is 9.33. The van der Waals surface area contributed by atoms with E-state index in [1.54, 1.807) is 0 Å². The van der Waals surface area contributed by atoms with Crippen molar-refractivity contribution in [1.82, 2.24) is 0 Å².